The summed E-state index contributed by atoms with van der Waals surface area (Å²) in [5, 5.41) is 9.85. The molecule has 0 saturated carbocycles. The molecule has 0 aromatic heterocycles. The van der Waals surface area contributed by atoms with E-state index in [0.717, 1.165) is 0 Å². The van der Waals surface area contributed by atoms with Crippen molar-refractivity contribution in [3.63, 3.8) is 0 Å². The summed E-state index contributed by atoms with van der Waals surface area (Å²) >= 11 is 5.72. The molecule has 13 heavy (non-hydrogen) atoms. The maximum absolute atomic E-state index is 9.55. The lowest BCUT2D eigenvalue weighted by Crippen LogP contribution is -2.31. The van der Waals surface area contributed by atoms with Gasteiger partial charge in [-0.3, -0.25) is 0 Å². The Morgan fingerprint density at radius 3 is 2.54 bits per heavy atom. The zero-order chi connectivity index (χ0) is 10.0. The highest BCUT2D eigenvalue weighted by Crippen LogP contribution is 2.31. The van der Waals surface area contributed by atoms with Crippen molar-refractivity contribution in [1.29, 1.82) is 0 Å². The first-order valence-electron chi connectivity index (χ1n) is 4.02. The fraction of sp³-hybridized carbons (Fsp3) is 0.333. The van der Waals surface area contributed by atoms with Crippen molar-refractivity contribution in [3.8, 4) is 5.75 Å². The van der Waals surface area contributed by atoms with Gasteiger partial charge in [0.05, 0.1) is 5.02 Å². The quantitative estimate of drug-likeness (QED) is 0.676. The van der Waals surface area contributed by atoms with E-state index in [9.17, 15) is 5.11 Å². The summed E-state index contributed by atoms with van der Waals surface area (Å²) in [6, 6.07) is 4.45. The molecule has 72 valence electrons. The number of nitrogens with two attached hydrogens (primary N) is 2. The lowest BCUT2D eigenvalue weighted by Gasteiger charge is -2.17. The molecule has 0 saturated heterocycles. The number of hydrogen-bond donors (Lipinski definition) is 3. The molecular formula is C9H13ClN2O. The minimum absolute atomic E-state index is 0.0222. The number of aromatic hydroxyl groups is 1. The van der Waals surface area contributed by atoms with Gasteiger partial charge in [0.25, 0.3) is 0 Å². The molecule has 0 bridgehead atoms. The summed E-state index contributed by atoms with van der Waals surface area (Å²) in [5.74, 6) is 0.0222. The third-order valence-corrected chi connectivity index (χ3v) is 2.25. The summed E-state index contributed by atoms with van der Waals surface area (Å²) in [6.45, 7) is 1.78. The molecule has 2 atom stereocenters. The SMILES string of the molecule is C[C@H](N)[C@@H](N)c1cccc(Cl)c1O. The van der Waals surface area contributed by atoms with Gasteiger partial charge in [0.15, 0.2) is 0 Å². The van der Waals surface area contributed by atoms with Crippen LogP contribution in [0.2, 0.25) is 5.02 Å². The van der Waals surface area contributed by atoms with Crippen molar-refractivity contribution < 1.29 is 5.11 Å². The molecule has 5 N–H and O–H groups in total. The van der Waals surface area contributed by atoms with Crippen LogP contribution in [-0.4, -0.2) is 11.1 Å². The van der Waals surface area contributed by atoms with Gasteiger partial charge >= 0.3 is 0 Å². The molecule has 4 heteroatoms. The molecule has 0 aliphatic rings. The van der Waals surface area contributed by atoms with Gasteiger partial charge < -0.3 is 16.6 Å². The van der Waals surface area contributed by atoms with Crippen LogP contribution in [0.15, 0.2) is 18.2 Å². The first kappa shape index (κ1) is 10.3. The average molecular weight is 201 g/mol. The highest BCUT2D eigenvalue weighted by Gasteiger charge is 2.15. The normalized spacial score (nSPS) is 15.4. The molecule has 1 aromatic rings. The number of rotatable bonds is 2. The molecule has 0 unspecified atom stereocenters. The van der Waals surface area contributed by atoms with Gasteiger partial charge in [-0.15, -0.1) is 0 Å². The average Bonchev–Trinajstić information content (AvgIpc) is 2.08. The van der Waals surface area contributed by atoms with E-state index in [1.165, 1.54) is 0 Å². The summed E-state index contributed by atoms with van der Waals surface area (Å²) in [6.07, 6.45) is 0. The van der Waals surface area contributed by atoms with Gasteiger partial charge in [0.2, 0.25) is 0 Å². The van der Waals surface area contributed by atoms with Crippen molar-refractivity contribution in [2.75, 3.05) is 0 Å². The predicted molar refractivity (Wildman–Crippen MR) is 53.7 cm³/mol. The van der Waals surface area contributed by atoms with Gasteiger partial charge in [-0.05, 0) is 13.0 Å². The maximum Gasteiger partial charge on any atom is 0.138 e. The van der Waals surface area contributed by atoms with E-state index in [2.05, 4.69) is 0 Å². The van der Waals surface area contributed by atoms with Gasteiger partial charge in [-0.2, -0.15) is 0 Å². The van der Waals surface area contributed by atoms with E-state index in [-0.39, 0.29) is 11.8 Å². The molecule has 1 rings (SSSR count). The Kier molecular flexibility index (Phi) is 3.14. The van der Waals surface area contributed by atoms with Crippen molar-refractivity contribution in [2.24, 2.45) is 11.5 Å². The zero-order valence-electron chi connectivity index (χ0n) is 7.37. The van der Waals surface area contributed by atoms with Crippen LogP contribution in [0.25, 0.3) is 0 Å². The molecular weight excluding hydrogens is 188 g/mol. The van der Waals surface area contributed by atoms with Crippen molar-refractivity contribution in [1.82, 2.24) is 0 Å². The summed E-state index contributed by atoms with van der Waals surface area (Å²) in [5.41, 5.74) is 12.0. The second-order valence-electron chi connectivity index (χ2n) is 3.06. The number of phenolic OH excluding ortho intramolecular Hbond substituents is 1. The van der Waals surface area contributed by atoms with Gasteiger partial charge in [-0.25, -0.2) is 0 Å². The molecule has 0 heterocycles. The first-order valence-corrected chi connectivity index (χ1v) is 4.40. The lowest BCUT2D eigenvalue weighted by molar-refractivity contribution is 0.454. The fourth-order valence-corrected chi connectivity index (χ4v) is 1.27. The minimum atomic E-state index is -0.390. The Hall–Kier alpha value is -0.770. The highest BCUT2D eigenvalue weighted by molar-refractivity contribution is 6.32. The third-order valence-electron chi connectivity index (χ3n) is 1.94. The standard InChI is InChI=1S/C9H13ClN2O/c1-5(11)8(12)6-3-2-4-7(10)9(6)13/h2-5,8,13H,11-12H2,1H3/t5-,8+/m0/s1. The molecule has 0 radical (unpaired) electrons. The van der Waals surface area contributed by atoms with E-state index in [0.29, 0.717) is 10.6 Å². The van der Waals surface area contributed by atoms with Crippen LogP contribution in [0.4, 0.5) is 0 Å². The Morgan fingerprint density at radius 1 is 1.38 bits per heavy atom. The minimum Gasteiger partial charge on any atom is -0.506 e. The Labute approximate surface area is 82.3 Å². The monoisotopic (exact) mass is 200 g/mol. The number of hydrogen-bond acceptors (Lipinski definition) is 3. The number of halogens is 1. The van der Waals surface area contributed by atoms with Crippen LogP contribution in [0.5, 0.6) is 5.75 Å². The molecule has 0 spiro atoms. The summed E-state index contributed by atoms with van der Waals surface area (Å²) in [7, 11) is 0. The van der Waals surface area contributed by atoms with E-state index < -0.39 is 6.04 Å². The molecule has 1 aromatic carbocycles. The van der Waals surface area contributed by atoms with Gasteiger partial charge in [0, 0.05) is 17.6 Å². The second kappa shape index (κ2) is 3.96. The van der Waals surface area contributed by atoms with Crippen LogP contribution in [0, 0.1) is 0 Å². The second-order valence-corrected chi connectivity index (χ2v) is 3.47. The van der Waals surface area contributed by atoms with Crippen LogP contribution in [0.3, 0.4) is 0 Å². The third kappa shape index (κ3) is 2.12. The Bertz CT molecular complexity index is 302. The molecule has 0 aliphatic carbocycles. The smallest absolute Gasteiger partial charge is 0.138 e. The number of benzene rings is 1. The van der Waals surface area contributed by atoms with E-state index in [1.807, 2.05) is 0 Å². The van der Waals surface area contributed by atoms with Crippen molar-refractivity contribution in [2.45, 2.75) is 19.0 Å². The van der Waals surface area contributed by atoms with Crippen molar-refractivity contribution in [3.05, 3.63) is 28.8 Å². The summed E-state index contributed by atoms with van der Waals surface area (Å²) < 4.78 is 0. The Balaban J connectivity index is 3.07. The number of para-hydroxylation sites is 1. The molecule has 0 amide bonds. The largest absolute Gasteiger partial charge is 0.506 e. The highest BCUT2D eigenvalue weighted by atomic mass is 35.5. The van der Waals surface area contributed by atoms with Gasteiger partial charge in [-0.1, -0.05) is 23.7 Å². The Morgan fingerprint density at radius 2 is 2.00 bits per heavy atom. The maximum atomic E-state index is 9.55. The van der Waals surface area contributed by atoms with E-state index in [4.69, 9.17) is 23.1 Å². The van der Waals surface area contributed by atoms with E-state index >= 15 is 0 Å². The molecule has 0 fully saturated rings. The van der Waals surface area contributed by atoms with Crippen LogP contribution < -0.4 is 11.5 Å². The number of phenols is 1. The lowest BCUT2D eigenvalue weighted by atomic mass is 10.0. The fourth-order valence-electron chi connectivity index (χ4n) is 1.08. The van der Waals surface area contributed by atoms with Crippen LogP contribution >= 0.6 is 11.6 Å². The van der Waals surface area contributed by atoms with Gasteiger partial charge in [0.1, 0.15) is 5.75 Å². The predicted octanol–water partition coefficient (Wildman–Crippen LogP) is 1.39. The molecule has 0 aliphatic heterocycles. The zero-order valence-corrected chi connectivity index (χ0v) is 8.12. The van der Waals surface area contributed by atoms with Crippen molar-refractivity contribution >= 4 is 11.6 Å². The topological polar surface area (TPSA) is 72.3 Å². The summed E-state index contributed by atoms with van der Waals surface area (Å²) in [4.78, 5) is 0. The first-order chi connectivity index (χ1) is 6.04. The van der Waals surface area contributed by atoms with Crippen LogP contribution in [-0.2, 0) is 0 Å². The van der Waals surface area contributed by atoms with Crippen LogP contribution in [0.1, 0.15) is 18.5 Å². The van der Waals surface area contributed by atoms with E-state index in [1.54, 1.807) is 25.1 Å². The molecule has 3 nitrogen and oxygen atoms in total.